The Morgan fingerprint density at radius 2 is 1.88 bits per heavy atom. The molecule has 0 saturated carbocycles. The number of aliphatic hydroxyl groups is 1. The number of imide groups is 1. The number of nitrogens with zero attached hydrogens (tertiary/aromatic N) is 1. The Bertz CT molecular complexity index is 632. The standard InChI is InChI=1S/C19H27ClN2O4/c1-3-9-19(10-4-2)17(24)22(18(25)21-19)11-15(23)13-26-12-14-7-5-6-8-16(14)20/h5-8,15,23H,3-4,9-13H2,1-2H3,(H,21,25). The zero-order chi connectivity index (χ0) is 19.2. The van der Waals surface area contributed by atoms with E-state index in [9.17, 15) is 14.7 Å². The number of halogens is 1. The highest BCUT2D eigenvalue weighted by atomic mass is 35.5. The van der Waals surface area contributed by atoms with Crippen LogP contribution in [0.2, 0.25) is 5.02 Å². The molecule has 6 nitrogen and oxygen atoms in total. The van der Waals surface area contributed by atoms with Crippen molar-refractivity contribution in [2.45, 2.75) is 57.8 Å². The van der Waals surface area contributed by atoms with E-state index in [4.69, 9.17) is 16.3 Å². The Kier molecular flexibility index (Phi) is 7.43. The molecule has 7 heteroatoms. The van der Waals surface area contributed by atoms with E-state index in [1.165, 1.54) is 0 Å². The molecule has 1 aromatic carbocycles. The quantitative estimate of drug-likeness (QED) is 0.609. The molecule has 3 amide bonds. The minimum absolute atomic E-state index is 0.0108. The molecule has 1 saturated heterocycles. The summed E-state index contributed by atoms with van der Waals surface area (Å²) in [5.74, 6) is -0.253. The summed E-state index contributed by atoms with van der Waals surface area (Å²) in [7, 11) is 0. The third-order valence-electron chi connectivity index (χ3n) is 4.52. The fraction of sp³-hybridized carbons (Fsp3) is 0.579. The van der Waals surface area contributed by atoms with Crippen LogP contribution in [0.3, 0.4) is 0 Å². The molecule has 26 heavy (non-hydrogen) atoms. The number of urea groups is 1. The normalized spacial score (nSPS) is 17.5. The fourth-order valence-electron chi connectivity index (χ4n) is 3.34. The predicted octanol–water partition coefficient (Wildman–Crippen LogP) is 3.11. The fourth-order valence-corrected chi connectivity index (χ4v) is 3.53. The molecule has 1 heterocycles. The highest BCUT2D eigenvalue weighted by molar-refractivity contribution is 6.31. The summed E-state index contributed by atoms with van der Waals surface area (Å²) in [6, 6.07) is 6.86. The van der Waals surface area contributed by atoms with E-state index in [2.05, 4.69) is 5.32 Å². The van der Waals surface area contributed by atoms with E-state index in [1.807, 2.05) is 32.0 Å². The minimum Gasteiger partial charge on any atom is -0.389 e. The first kappa shape index (κ1) is 20.7. The summed E-state index contributed by atoms with van der Waals surface area (Å²) >= 11 is 6.06. The summed E-state index contributed by atoms with van der Waals surface area (Å²) < 4.78 is 5.49. The third-order valence-corrected chi connectivity index (χ3v) is 4.89. The Hall–Kier alpha value is -1.63. The van der Waals surface area contributed by atoms with Crippen LogP contribution in [0.15, 0.2) is 24.3 Å². The van der Waals surface area contributed by atoms with E-state index in [0.717, 1.165) is 23.3 Å². The zero-order valence-electron chi connectivity index (χ0n) is 15.3. The van der Waals surface area contributed by atoms with Crippen molar-refractivity contribution < 1.29 is 19.4 Å². The lowest BCUT2D eigenvalue weighted by molar-refractivity contribution is -0.133. The van der Waals surface area contributed by atoms with Crippen molar-refractivity contribution in [3.63, 3.8) is 0 Å². The molecule has 144 valence electrons. The van der Waals surface area contributed by atoms with Crippen LogP contribution < -0.4 is 5.32 Å². The maximum atomic E-state index is 12.8. The van der Waals surface area contributed by atoms with Gasteiger partial charge in [0.25, 0.3) is 5.91 Å². The molecule has 1 atom stereocenters. The molecule has 0 aliphatic carbocycles. The highest BCUT2D eigenvalue weighted by Gasteiger charge is 2.49. The van der Waals surface area contributed by atoms with Gasteiger partial charge in [0.1, 0.15) is 5.54 Å². The molecule has 0 radical (unpaired) electrons. The number of carbonyl (C=O) groups excluding carboxylic acids is 2. The van der Waals surface area contributed by atoms with E-state index in [0.29, 0.717) is 17.9 Å². The molecule has 2 N–H and O–H groups in total. The molecule has 1 fully saturated rings. The summed E-state index contributed by atoms with van der Waals surface area (Å²) in [6.45, 7) is 4.15. The van der Waals surface area contributed by atoms with Crippen LogP contribution in [0.5, 0.6) is 0 Å². The summed E-state index contributed by atoms with van der Waals surface area (Å²) in [5, 5.41) is 13.6. The lowest BCUT2D eigenvalue weighted by Gasteiger charge is -2.26. The number of amides is 3. The van der Waals surface area contributed by atoms with Gasteiger partial charge < -0.3 is 15.2 Å². The topological polar surface area (TPSA) is 78.9 Å². The van der Waals surface area contributed by atoms with Crippen LogP contribution in [-0.2, 0) is 16.1 Å². The first-order valence-electron chi connectivity index (χ1n) is 9.06. The van der Waals surface area contributed by atoms with Gasteiger partial charge in [-0.25, -0.2) is 4.79 Å². The SMILES string of the molecule is CCCC1(CCC)NC(=O)N(CC(O)COCc2ccccc2Cl)C1=O. The Morgan fingerprint density at radius 3 is 2.50 bits per heavy atom. The van der Waals surface area contributed by atoms with Crippen LogP contribution in [0, 0.1) is 0 Å². The van der Waals surface area contributed by atoms with Crippen molar-refractivity contribution in [2.75, 3.05) is 13.2 Å². The number of ether oxygens (including phenoxy) is 1. The second-order valence-corrected chi connectivity index (χ2v) is 7.10. The molecule has 2 rings (SSSR count). The zero-order valence-corrected chi connectivity index (χ0v) is 16.1. The van der Waals surface area contributed by atoms with Gasteiger partial charge in [0.05, 0.1) is 25.9 Å². The van der Waals surface area contributed by atoms with Crippen LogP contribution >= 0.6 is 11.6 Å². The number of β-amino-alcohol motifs (C(OH)–C–C–N with tert-alkyl or cyclic N) is 1. The minimum atomic E-state index is -0.953. The van der Waals surface area contributed by atoms with Crippen molar-refractivity contribution in [1.82, 2.24) is 10.2 Å². The number of hydrogen-bond donors (Lipinski definition) is 2. The summed E-state index contributed by atoms with van der Waals surface area (Å²) in [6.07, 6.45) is 1.83. The van der Waals surface area contributed by atoms with E-state index in [1.54, 1.807) is 6.07 Å². The van der Waals surface area contributed by atoms with Gasteiger partial charge in [0, 0.05) is 5.02 Å². The number of aliphatic hydroxyl groups excluding tert-OH is 1. The van der Waals surface area contributed by atoms with Gasteiger partial charge >= 0.3 is 6.03 Å². The van der Waals surface area contributed by atoms with E-state index in [-0.39, 0.29) is 25.7 Å². The van der Waals surface area contributed by atoms with Gasteiger partial charge in [0.15, 0.2) is 0 Å². The number of hydrogen-bond acceptors (Lipinski definition) is 4. The van der Waals surface area contributed by atoms with E-state index < -0.39 is 17.7 Å². The monoisotopic (exact) mass is 382 g/mol. The summed E-state index contributed by atoms with van der Waals surface area (Å²) in [5.41, 5.74) is -0.0140. The van der Waals surface area contributed by atoms with Gasteiger partial charge in [-0.05, 0) is 24.5 Å². The summed E-state index contributed by atoms with van der Waals surface area (Å²) in [4.78, 5) is 26.1. The van der Waals surface area contributed by atoms with Crippen molar-refractivity contribution in [2.24, 2.45) is 0 Å². The molecule has 0 bridgehead atoms. The highest BCUT2D eigenvalue weighted by Crippen LogP contribution is 2.28. The van der Waals surface area contributed by atoms with Crippen molar-refractivity contribution in [3.8, 4) is 0 Å². The molecule has 0 spiro atoms. The van der Waals surface area contributed by atoms with Gasteiger partial charge in [-0.3, -0.25) is 9.69 Å². The third kappa shape index (κ3) is 4.75. The molecule has 1 unspecified atom stereocenters. The maximum absolute atomic E-state index is 12.8. The Morgan fingerprint density at radius 1 is 1.23 bits per heavy atom. The average Bonchev–Trinajstić information content (AvgIpc) is 2.82. The molecular formula is C19H27ClN2O4. The lowest BCUT2D eigenvalue weighted by Crippen LogP contribution is -2.47. The Balaban J connectivity index is 1.89. The predicted molar refractivity (Wildman–Crippen MR) is 99.9 cm³/mol. The van der Waals surface area contributed by atoms with E-state index >= 15 is 0 Å². The molecule has 1 aromatic rings. The van der Waals surface area contributed by atoms with Crippen LogP contribution in [0.25, 0.3) is 0 Å². The second kappa shape index (κ2) is 9.35. The van der Waals surface area contributed by atoms with Crippen molar-refractivity contribution >= 4 is 23.5 Å². The van der Waals surface area contributed by atoms with Gasteiger partial charge in [-0.2, -0.15) is 0 Å². The number of nitrogens with one attached hydrogen (secondary N) is 1. The van der Waals surface area contributed by atoms with Crippen LogP contribution in [0.4, 0.5) is 4.79 Å². The first-order chi connectivity index (χ1) is 12.4. The van der Waals surface area contributed by atoms with Crippen LogP contribution in [-0.4, -0.2) is 46.7 Å². The maximum Gasteiger partial charge on any atom is 0.325 e. The number of carbonyl (C=O) groups is 2. The first-order valence-corrected chi connectivity index (χ1v) is 9.44. The average molecular weight is 383 g/mol. The van der Waals surface area contributed by atoms with Gasteiger partial charge in [0.2, 0.25) is 0 Å². The molecule has 0 aromatic heterocycles. The van der Waals surface area contributed by atoms with Gasteiger partial charge in [-0.1, -0.05) is 56.5 Å². The van der Waals surface area contributed by atoms with Crippen molar-refractivity contribution in [3.05, 3.63) is 34.9 Å². The molecular weight excluding hydrogens is 356 g/mol. The molecule has 1 aliphatic heterocycles. The molecule has 1 aliphatic rings. The van der Waals surface area contributed by atoms with Crippen molar-refractivity contribution in [1.29, 1.82) is 0 Å². The lowest BCUT2D eigenvalue weighted by atomic mass is 9.88. The smallest absolute Gasteiger partial charge is 0.325 e. The Labute approximate surface area is 159 Å². The number of rotatable bonds is 10. The van der Waals surface area contributed by atoms with Crippen LogP contribution in [0.1, 0.15) is 45.1 Å². The second-order valence-electron chi connectivity index (χ2n) is 6.69. The number of benzene rings is 1. The largest absolute Gasteiger partial charge is 0.389 e. The van der Waals surface area contributed by atoms with Gasteiger partial charge in [-0.15, -0.1) is 0 Å².